The maximum atomic E-state index is 13.0. The first-order valence-corrected chi connectivity index (χ1v) is 8.57. The van der Waals surface area contributed by atoms with Crippen molar-refractivity contribution in [1.82, 2.24) is 0 Å². The van der Waals surface area contributed by atoms with Gasteiger partial charge in [0.05, 0.1) is 18.4 Å². The molecule has 0 radical (unpaired) electrons. The standard InChI is InChI=1S/C22H19NO3/c1-15(23-17-7-3-2-4-8-17)22-18(21-10-6-12-26-21)13-16(14-19(22)24)20-9-5-11-25-20/h2-12,14,18,23H,13H2,1H3/b22-15-. The van der Waals surface area contributed by atoms with E-state index in [-0.39, 0.29) is 11.7 Å². The quantitative estimate of drug-likeness (QED) is 0.643. The fourth-order valence-corrected chi connectivity index (χ4v) is 3.41. The van der Waals surface area contributed by atoms with Gasteiger partial charge < -0.3 is 14.2 Å². The average Bonchev–Trinajstić information content (AvgIpc) is 3.35. The number of rotatable bonds is 4. The zero-order valence-corrected chi connectivity index (χ0v) is 14.4. The number of ketones is 1. The number of furan rings is 2. The third-order valence-electron chi connectivity index (χ3n) is 4.58. The molecule has 0 saturated carbocycles. The van der Waals surface area contributed by atoms with Gasteiger partial charge >= 0.3 is 0 Å². The van der Waals surface area contributed by atoms with Crippen LogP contribution in [0.3, 0.4) is 0 Å². The zero-order chi connectivity index (χ0) is 17.9. The number of para-hydroxylation sites is 1. The Balaban J connectivity index is 1.75. The molecule has 0 amide bonds. The topological polar surface area (TPSA) is 55.4 Å². The maximum Gasteiger partial charge on any atom is 0.184 e. The van der Waals surface area contributed by atoms with Gasteiger partial charge in [-0.1, -0.05) is 18.2 Å². The molecule has 3 aromatic rings. The van der Waals surface area contributed by atoms with Crippen LogP contribution >= 0.6 is 0 Å². The number of hydrogen-bond acceptors (Lipinski definition) is 4. The third-order valence-corrected chi connectivity index (χ3v) is 4.58. The molecule has 1 aromatic carbocycles. The van der Waals surface area contributed by atoms with E-state index in [0.29, 0.717) is 6.42 Å². The van der Waals surface area contributed by atoms with Crippen molar-refractivity contribution in [3.05, 3.63) is 96.0 Å². The third kappa shape index (κ3) is 3.14. The second kappa shape index (κ2) is 6.92. The van der Waals surface area contributed by atoms with Crippen LogP contribution in [0.5, 0.6) is 0 Å². The van der Waals surface area contributed by atoms with Crippen LogP contribution in [0.1, 0.15) is 30.8 Å². The minimum Gasteiger partial charge on any atom is -0.469 e. The molecule has 2 heterocycles. The molecule has 1 unspecified atom stereocenters. The van der Waals surface area contributed by atoms with Crippen LogP contribution in [0.25, 0.3) is 5.57 Å². The normalized spacial score (nSPS) is 19.2. The number of allylic oxidation sites excluding steroid dienone is 4. The summed E-state index contributed by atoms with van der Waals surface area (Å²) < 4.78 is 11.1. The smallest absolute Gasteiger partial charge is 0.184 e. The highest BCUT2D eigenvalue weighted by atomic mass is 16.3. The molecule has 4 nitrogen and oxygen atoms in total. The van der Waals surface area contributed by atoms with Gasteiger partial charge in [-0.05, 0) is 61.4 Å². The first-order chi connectivity index (χ1) is 12.7. The molecule has 4 heteroatoms. The summed E-state index contributed by atoms with van der Waals surface area (Å²) in [5, 5.41) is 3.35. The van der Waals surface area contributed by atoms with Crippen LogP contribution in [0.4, 0.5) is 5.69 Å². The highest BCUT2D eigenvalue weighted by Crippen LogP contribution is 2.41. The van der Waals surface area contributed by atoms with E-state index < -0.39 is 0 Å². The van der Waals surface area contributed by atoms with Crippen molar-refractivity contribution in [1.29, 1.82) is 0 Å². The molecule has 130 valence electrons. The van der Waals surface area contributed by atoms with E-state index in [1.165, 1.54) is 0 Å². The van der Waals surface area contributed by atoms with E-state index in [9.17, 15) is 4.79 Å². The van der Waals surface area contributed by atoms with Crippen LogP contribution in [0.2, 0.25) is 0 Å². The molecule has 1 aliphatic rings. The molecule has 26 heavy (non-hydrogen) atoms. The largest absolute Gasteiger partial charge is 0.469 e. The summed E-state index contributed by atoms with van der Waals surface area (Å²) in [5.74, 6) is 1.33. The predicted octanol–water partition coefficient (Wildman–Crippen LogP) is 5.40. The summed E-state index contributed by atoms with van der Waals surface area (Å²) in [6.07, 6.45) is 5.58. The molecule has 1 atom stereocenters. The van der Waals surface area contributed by atoms with Crippen LogP contribution in [-0.2, 0) is 4.79 Å². The predicted molar refractivity (Wildman–Crippen MR) is 101 cm³/mol. The number of benzene rings is 1. The fourth-order valence-electron chi connectivity index (χ4n) is 3.41. The Morgan fingerprint density at radius 3 is 2.46 bits per heavy atom. The van der Waals surface area contributed by atoms with E-state index in [2.05, 4.69) is 5.32 Å². The summed E-state index contributed by atoms with van der Waals surface area (Å²) in [4.78, 5) is 13.0. The Morgan fingerprint density at radius 2 is 1.77 bits per heavy atom. The number of anilines is 1. The van der Waals surface area contributed by atoms with Crippen LogP contribution in [0, 0.1) is 0 Å². The van der Waals surface area contributed by atoms with E-state index in [1.807, 2.05) is 61.5 Å². The van der Waals surface area contributed by atoms with Gasteiger partial charge in [-0.15, -0.1) is 0 Å². The summed E-state index contributed by atoms with van der Waals surface area (Å²) >= 11 is 0. The SMILES string of the molecule is C/C(Nc1ccccc1)=C1/C(=O)C=C(c2ccco2)CC1c1ccco1. The Kier molecular flexibility index (Phi) is 4.32. The lowest BCUT2D eigenvalue weighted by Crippen LogP contribution is -2.19. The van der Waals surface area contributed by atoms with Crippen LogP contribution in [0.15, 0.2) is 93.3 Å². The lowest BCUT2D eigenvalue weighted by atomic mass is 9.80. The summed E-state index contributed by atoms with van der Waals surface area (Å²) in [6.45, 7) is 1.93. The number of nitrogens with one attached hydrogen (secondary N) is 1. The minimum atomic E-state index is -0.154. The van der Waals surface area contributed by atoms with Crippen molar-refractivity contribution in [2.45, 2.75) is 19.3 Å². The molecule has 0 bridgehead atoms. The second-order valence-electron chi connectivity index (χ2n) is 6.31. The van der Waals surface area contributed by atoms with Crippen molar-refractivity contribution in [3.8, 4) is 0 Å². The van der Waals surface area contributed by atoms with Crippen LogP contribution in [-0.4, -0.2) is 5.78 Å². The Hall–Kier alpha value is -3.27. The summed E-state index contributed by atoms with van der Waals surface area (Å²) in [5.41, 5.74) is 3.39. The van der Waals surface area contributed by atoms with Crippen molar-refractivity contribution in [3.63, 3.8) is 0 Å². The highest BCUT2D eigenvalue weighted by molar-refractivity contribution is 6.11. The molecular weight excluding hydrogens is 326 g/mol. The van der Waals surface area contributed by atoms with Gasteiger partial charge in [0.1, 0.15) is 11.5 Å². The molecule has 0 spiro atoms. The van der Waals surface area contributed by atoms with Gasteiger partial charge in [0, 0.05) is 17.0 Å². The lowest BCUT2D eigenvalue weighted by Gasteiger charge is -2.25. The number of carbonyl (C=O) groups is 1. The van der Waals surface area contributed by atoms with Crippen molar-refractivity contribution in [2.75, 3.05) is 5.32 Å². The Morgan fingerprint density at radius 1 is 1.00 bits per heavy atom. The van der Waals surface area contributed by atoms with Crippen molar-refractivity contribution in [2.24, 2.45) is 0 Å². The molecule has 2 aromatic heterocycles. The molecule has 4 rings (SSSR count). The van der Waals surface area contributed by atoms with Gasteiger partial charge in [0.25, 0.3) is 0 Å². The van der Waals surface area contributed by atoms with E-state index in [0.717, 1.165) is 34.1 Å². The lowest BCUT2D eigenvalue weighted by molar-refractivity contribution is -0.111. The zero-order valence-electron chi connectivity index (χ0n) is 14.4. The number of carbonyl (C=O) groups excluding carboxylic acids is 1. The first kappa shape index (κ1) is 16.2. The van der Waals surface area contributed by atoms with Gasteiger partial charge in [-0.2, -0.15) is 0 Å². The van der Waals surface area contributed by atoms with Crippen molar-refractivity contribution < 1.29 is 13.6 Å². The fraction of sp³-hybridized carbons (Fsp3) is 0.136. The Labute approximate surface area is 151 Å². The Bertz CT molecular complexity index is 948. The van der Waals surface area contributed by atoms with Gasteiger partial charge in [0.2, 0.25) is 0 Å². The minimum absolute atomic E-state index is 0.0232. The maximum absolute atomic E-state index is 13.0. The molecule has 1 aliphatic carbocycles. The highest BCUT2D eigenvalue weighted by Gasteiger charge is 2.32. The second-order valence-corrected chi connectivity index (χ2v) is 6.31. The van der Waals surface area contributed by atoms with Gasteiger partial charge in [-0.3, -0.25) is 4.79 Å². The summed E-state index contributed by atoms with van der Waals surface area (Å²) in [7, 11) is 0. The van der Waals surface area contributed by atoms with Crippen molar-refractivity contribution >= 4 is 17.0 Å². The average molecular weight is 345 g/mol. The monoisotopic (exact) mass is 345 g/mol. The van der Waals surface area contributed by atoms with Gasteiger partial charge in [0.15, 0.2) is 5.78 Å². The molecule has 0 fully saturated rings. The molecule has 0 aliphatic heterocycles. The molecule has 0 saturated heterocycles. The molecular formula is C22H19NO3. The van der Waals surface area contributed by atoms with Gasteiger partial charge in [-0.25, -0.2) is 0 Å². The van der Waals surface area contributed by atoms with E-state index in [4.69, 9.17) is 8.83 Å². The number of hydrogen-bond donors (Lipinski definition) is 1. The van der Waals surface area contributed by atoms with Crippen LogP contribution < -0.4 is 5.32 Å². The van der Waals surface area contributed by atoms with E-state index in [1.54, 1.807) is 18.6 Å². The molecule has 1 N–H and O–H groups in total. The summed E-state index contributed by atoms with van der Waals surface area (Å²) in [6, 6.07) is 17.3. The first-order valence-electron chi connectivity index (χ1n) is 8.57. The van der Waals surface area contributed by atoms with E-state index >= 15 is 0 Å².